The number of hydrogen-bond donors (Lipinski definition) is 0. The van der Waals surface area contributed by atoms with E-state index in [1.165, 1.54) is 193 Å². The minimum Gasteiger partial charge on any atom is -1.00 e. The molecule has 0 spiro atoms. The molecule has 0 aromatic carbocycles. The van der Waals surface area contributed by atoms with E-state index in [4.69, 9.17) is 0 Å². The van der Waals surface area contributed by atoms with E-state index < -0.39 is 0 Å². The highest BCUT2D eigenvalue weighted by molar-refractivity contribution is 4.68. The average molecular weight is 601 g/mol. The maximum absolute atomic E-state index is 2.46. The van der Waals surface area contributed by atoms with Crippen LogP contribution in [0.4, 0.5) is 0 Å². The quantitative estimate of drug-likeness (QED) is 0.0549. The zero-order valence-corrected chi connectivity index (χ0v) is 28.8. The topological polar surface area (TPSA) is 0 Å². The Morgan fingerprint density at radius 3 is 0.789 bits per heavy atom. The zero-order valence-electron chi connectivity index (χ0n) is 27.2. The van der Waals surface area contributed by atoms with E-state index in [1.54, 1.807) is 0 Å². The molecule has 0 heterocycles. The Morgan fingerprint density at radius 1 is 0.368 bits per heavy atom. The Balaban J connectivity index is 0. The summed E-state index contributed by atoms with van der Waals surface area (Å²) in [6.45, 7) is 9.48. The molecule has 0 aromatic heterocycles. The van der Waals surface area contributed by atoms with E-state index in [2.05, 4.69) is 40.1 Å². The summed E-state index contributed by atoms with van der Waals surface area (Å²) in [6, 6.07) is 0. The van der Waals surface area contributed by atoms with Gasteiger partial charge in [-0.3, -0.25) is 4.48 Å². The van der Waals surface area contributed by atoms with Gasteiger partial charge in [-0.15, -0.1) is 0 Å². The normalized spacial score (nSPS) is 11.9. The van der Waals surface area contributed by atoms with Crippen molar-refractivity contribution in [1.82, 2.24) is 0 Å². The lowest BCUT2D eigenvalue weighted by Gasteiger charge is -2.30. The first-order valence-corrected chi connectivity index (χ1v) is 17.7. The maximum Gasteiger partial charge on any atom is 0.0913 e. The highest BCUT2D eigenvalue weighted by Gasteiger charge is 2.17. The van der Waals surface area contributed by atoms with Gasteiger partial charge in [0, 0.05) is 0 Å². The van der Waals surface area contributed by atoms with Crippen molar-refractivity contribution in [2.45, 2.75) is 201 Å². The predicted octanol–water partition coefficient (Wildman–Crippen LogP) is 9.93. The fourth-order valence-electron chi connectivity index (χ4n) is 5.96. The third-order valence-electron chi connectivity index (χ3n) is 8.55. The average Bonchev–Trinajstić information content (AvgIpc) is 2.89. The van der Waals surface area contributed by atoms with E-state index in [9.17, 15) is 0 Å². The largest absolute Gasteiger partial charge is 1.00 e. The molecule has 0 saturated heterocycles. The van der Waals surface area contributed by atoms with E-state index >= 15 is 0 Å². The van der Waals surface area contributed by atoms with Crippen molar-refractivity contribution in [2.24, 2.45) is 0 Å². The second-order valence-corrected chi connectivity index (χ2v) is 12.6. The number of nitrogens with zero attached hydrogens (tertiary/aromatic N) is 1. The monoisotopic (exact) mass is 600 g/mol. The molecule has 1 nitrogen and oxygen atoms in total. The smallest absolute Gasteiger partial charge is 0.0913 e. The van der Waals surface area contributed by atoms with Crippen LogP contribution in [-0.2, 0) is 0 Å². The molecule has 0 fully saturated rings. The fraction of sp³-hybridized carbons (Fsp3) is 0.944. The second kappa shape index (κ2) is 33.4. The lowest BCUT2D eigenvalue weighted by Crippen LogP contribution is -3.00. The van der Waals surface area contributed by atoms with Crippen molar-refractivity contribution >= 4 is 0 Å². The van der Waals surface area contributed by atoms with Gasteiger partial charge in [-0.2, -0.15) is 0 Å². The second-order valence-electron chi connectivity index (χ2n) is 12.6. The molecular formula is C36H74BrN. The first-order chi connectivity index (χ1) is 18.2. The van der Waals surface area contributed by atoms with Gasteiger partial charge in [0.25, 0.3) is 0 Å². The molecule has 0 unspecified atom stereocenters. The summed E-state index contributed by atoms with van der Waals surface area (Å²) in [7, 11) is 2.46. The third kappa shape index (κ3) is 30.7. The molecule has 0 rings (SSSR count). The molecule has 230 valence electrons. The Morgan fingerprint density at radius 2 is 0.579 bits per heavy atom. The zero-order chi connectivity index (χ0) is 27.1. The van der Waals surface area contributed by atoms with Crippen molar-refractivity contribution in [1.29, 1.82) is 0 Å². The minimum absolute atomic E-state index is 0. The first kappa shape index (κ1) is 40.3. The van der Waals surface area contributed by atoms with Crippen molar-refractivity contribution in [3.63, 3.8) is 0 Å². The lowest BCUT2D eigenvalue weighted by atomic mass is 10.0. The van der Waals surface area contributed by atoms with E-state index in [-0.39, 0.29) is 17.0 Å². The summed E-state index contributed by atoms with van der Waals surface area (Å²) in [5, 5.41) is 0. The minimum atomic E-state index is 0. The van der Waals surface area contributed by atoms with E-state index in [0.717, 1.165) is 4.48 Å². The first-order valence-electron chi connectivity index (χ1n) is 17.7. The molecule has 38 heavy (non-hydrogen) atoms. The molecule has 0 aliphatic heterocycles. The highest BCUT2D eigenvalue weighted by Crippen LogP contribution is 2.17. The molecule has 0 atom stereocenters. The van der Waals surface area contributed by atoms with Gasteiger partial charge < -0.3 is 17.0 Å². The van der Waals surface area contributed by atoms with Crippen LogP contribution in [0.15, 0.2) is 12.3 Å². The summed E-state index contributed by atoms with van der Waals surface area (Å²) < 4.78 is 1.16. The van der Waals surface area contributed by atoms with E-state index in [1.807, 2.05) is 0 Å². The molecular weight excluding hydrogens is 526 g/mol. The molecule has 0 bridgehead atoms. The van der Waals surface area contributed by atoms with Crippen LogP contribution in [0.1, 0.15) is 201 Å². The number of rotatable bonds is 31. The SMILES string of the molecule is CC=C[N+](C)(CCCCCCCCCCCCCCCC)CCCCCCCCCCCCCCCC.[Br-]. The number of quaternary nitrogens is 1. The van der Waals surface area contributed by atoms with Crippen LogP contribution in [0.25, 0.3) is 0 Å². The van der Waals surface area contributed by atoms with Crippen molar-refractivity contribution in [3.05, 3.63) is 12.3 Å². The van der Waals surface area contributed by atoms with Crippen molar-refractivity contribution in [3.8, 4) is 0 Å². The Hall–Kier alpha value is 0.180. The molecule has 0 N–H and O–H groups in total. The molecule has 0 aliphatic carbocycles. The van der Waals surface area contributed by atoms with Crippen LogP contribution < -0.4 is 17.0 Å². The number of halogens is 1. The van der Waals surface area contributed by atoms with Gasteiger partial charge in [-0.25, -0.2) is 0 Å². The highest BCUT2D eigenvalue weighted by atomic mass is 79.9. The van der Waals surface area contributed by atoms with Gasteiger partial charge in [0.1, 0.15) is 0 Å². The fourth-order valence-corrected chi connectivity index (χ4v) is 5.96. The van der Waals surface area contributed by atoms with Gasteiger partial charge in [-0.1, -0.05) is 168 Å². The van der Waals surface area contributed by atoms with Crippen LogP contribution in [0.5, 0.6) is 0 Å². The number of unbranched alkanes of at least 4 members (excludes halogenated alkanes) is 26. The lowest BCUT2D eigenvalue weighted by molar-refractivity contribution is -0.860. The predicted molar refractivity (Wildman–Crippen MR) is 171 cm³/mol. The van der Waals surface area contributed by atoms with Gasteiger partial charge in [-0.05, 0) is 38.7 Å². The summed E-state index contributed by atoms with van der Waals surface area (Å²) in [5.74, 6) is 0. The third-order valence-corrected chi connectivity index (χ3v) is 8.55. The van der Waals surface area contributed by atoms with Crippen molar-refractivity contribution in [2.75, 3.05) is 20.1 Å². The van der Waals surface area contributed by atoms with Crippen LogP contribution in [-0.4, -0.2) is 24.6 Å². The summed E-state index contributed by atoms with van der Waals surface area (Å²) >= 11 is 0. The molecule has 0 amide bonds. The van der Waals surface area contributed by atoms with Gasteiger partial charge >= 0.3 is 0 Å². The Labute approximate surface area is 253 Å². The molecule has 0 aromatic rings. The van der Waals surface area contributed by atoms with Crippen LogP contribution in [0.3, 0.4) is 0 Å². The molecule has 0 aliphatic rings. The summed E-state index contributed by atoms with van der Waals surface area (Å²) in [6.07, 6.45) is 45.4. The van der Waals surface area contributed by atoms with Crippen molar-refractivity contribution < 1.29 is 21.5 Å². The molecule has 2 heteroatoms. The van der Waals surface area contributed by atoms with Crippen LogP contribution >= 0.6 is 0 Å². The van der Waals surface area contributed by atoms with Crippen LogP contribution in [0.2, 0.25) is 0 Å². The number of hydrogen-bond acceptors (Lipinski definition) is 0. The Kier molecular flexibility index (Phi) is 35.4. The standard InChI is InChI=1S/C36H74N.BrH/c1-5-8-10-12-14-16-18-20-22-24-26-28-30-32-35-37(4,34-7-3)36-33-31-29-27-25-23-21-19-17-15-13-11-9-6-2;/h7,34H,5-6,8-33,35-36H2,1-4H3;1H/q+1;/p-1. The summed E-state index contributed by atoms with van der Waals surface area (Å²) in [4.78, 5) is 0. The molecule has 0 saturated carbocycles. The van der Waals surface area contributed by atoms with Crippen LogP contribution in [0, 0.1) is 0 Å². The number of allylic oxidation sites excluding steroid dienone is 1. The van der Waals surface area contributed by atoms with E-state index in [0.29, 0.717) is 0 Å². The Bertz CT molecular complexity index is 415. The van der Waals surface area contributed by atoms with Gasteiger partial charge in [0.2, 0.25) is 0 Å². The van der Waals surface area contributed by atoms with Gasteiger partial charge in [0.05, 0.1) is 26.3 Å². The van der Waals surface area contributed by atoms with Gasteiger partial charge in [0.15, 0.2) is 0 Å². The molecule has 0 radical (unpaired) electrons. The summed E-state index contributed by atoms with van der Waals surface area (Å²) in [5.41, 5.74) is 0. The maximum atomic E-state index is 2.46.